The number of benzene rings is 1. The highest BCUT2D eigenvalue weighted by atomic mass is 35.5. The van der Waals surface area contributed by atoms with Crippen LogP contribution in [-0.4, -0.2) is 49.3 Å². The number of β-amino-alcohol motifs (C(OH)–C–C–N with tert-alkyl or cyclic N) is 1. The van der Waals surface area contributed by atoms with Gasteiger partial charge in [-0.2, -0.15) is 0 Å². The molecule has 1 aliphatic heterocycles. The lowest BCUT2D eigenvalue weighted by Crippen LogP contribution is -2.44. The molecule has 0 spiro atoms. The van der Waals surface area contributed by atoms with Gasteiger partial charge in [-0.05, 0) is 25.1 Å². The van der Waals surface area contributed by atoms with Gasteiger partial charge in [0.1, 0.15) is 0 Å². The average molecular weight is 298 g/mol. The predicted octanol–water partition coefficient (Wildman–Crippen LogP) is 0.384. The van der Waals surface area contributed by atoms with E-state index in [2.05, 4.69) is 16.0 Å². The fourth-order valence-corrected chi connectivity index (χ4v) is 2.43. The summed E-state index contributed by atoms with van der Waals surface area (Å²) >= 11 is 5.95. The van der Waals surface area contributed by atoms with Crippen LogP contribution in [0.3, 0.4) is 0 Å². The van der Waals surface area contributed by atoms with Gasteiger partial charge in [0.25, 0.3) is 5.91 Å². The number of rotatable bonds is 6. The minimum Gasteiger partial charge on any atom is -0.387 e. The lowest BCUT2D eigenvalue weighted by atomic mass is 10.0. The van der Waals surface area contributed by atoms with Gasteiger partial charge in [-0.1, -0.05) is 23.7 Å². The van der Waals surface area contributed by atoms with E-state index < -0.39 is 5.60 Å². The second-order valence-corrected chi connectivity index (χ2v) is 5.47. The lowest BCUT2D eigenvalue weighted by molar-refractivity contribution is 0.0614. The molecule has 1 amide bonds. The van der Waals surface area contributed by atoms with E-state index in [-0.39, 0.29) is 5.91 Å². The van der Waals surface area contributed by atoms with Crippen LogP contribution in [0.2, 0.25) is 5.02 Å². The monoisotopic (exact) mass is 297 g/mol. The molecule has 0 unspecified atom stereocenters. The molecule has 1 aliphatic rings. The first-order valence-corrected chi connectivity index (χ1v) is 7.15. The van der Waals surface area contributed by atoms with Crippen molar-refractivity contribution < 1.29 is 9.90 Å². The SMILES string of the molecule is O=C(NCCNC[C@@]1(O)CCNC1)c1ccccc1Cl. The highest BCUT2D eigenvalue weighted by Crippen LogP contribution is 2.14. The Morgan fingerprint density at radius 2 is 2.20 bits per heavy atom. The standard InChI is InChI=1S/C14H20ClN3O2/c15-12-4-2-1-3-11(12)13(19)18-8-7-17-10-14(20)5-6-16-9-14/h1-4,16-17,20H,5-10H2,(H,18,19)/t14-/m1/s1. The molecule has 0 bridgehead atoms. The number of hydrogen-bond acceptors (Lipinski definition) is 4. The molecule has 0 saturated carbocycles. The van der Waals surface area contributed by atoms with Gasteiger partial charge < -0.3 is 21.1 Å². The minimum absolute atomic E-state index is 0.182. The molecular weight excluding hydrogens is 278 g/mol. The molecule has 110 valence electrons. The smallest absolute Gasteiger partial charge is 0.252 e. The van der Waals surface area contributed by atoms with Crippen molar-refractivity contribution in [1.82, 2.24) is 16.0 Å². The highest BCUT2D eigenvalue weighted by Gasteiger charge is 2.30. The van der Waals surface area contributed by atoms with Gasteiger partial charge in [-0.15, -0.1) is 0 Å². The Morgan fingerprint density at radius 1 is 1.40 bits per heavy atom. The van der Waals surface area contributed by atoms with Crippen molar-refractivity contribution in [2.24, 2.45) is 0 Å². The zero-order chi connectivity index (χ0) is 14.4. The average Bonchev–Trinajstić information content (AvgIpc) is 2.86. The summed E-state index contributed by atoms with van der Waals surface area (Å²) in [6.07, 6.45) is 0.756. The van der Waals surface area contributed by atoms with Gasteiger partial charge in [-0.25, -0.2) is 0 Å². The molecule has 20 heavy (non-hydrogen) atoms. The van der Waals surface area contributed by atoms with Gasteiger partial charge in [0.05, 0.1) is 16.2 Å². The fourth-order valence-electron chi connectivity index (χ4n) is 2.21. The van der Waals surface area contributed by atoms with E-state index in [1.54, 1.807) is 24.3 Å². The Hall–Kier alpha value is -1.14. The van der Waals surface area contributed by atoms with Gasteiger partial charge >= 0.3 is 0 Å². The van der Waals surface area contributed by atoms with E-state index in [1.807, 2.05) is 0 Å². The van der Waals surface area contributed by atoms with E-state index in [0.29, 0.717) is 36.8 Å². The van der Waals surface area contributed by atoms with Crippen molar-refractivity contribution in [3.63, 3.8) is 0 Å². The molecule has 1 aromatic rings. The van der Waals surface area contributed by atoms with Gasteiger partial charge in [0.15, 0.2) is 0 Å². The number of hydrogen-bond donors (Lipinski definition) is 4. The van der Waals surface area contributed by atoms with Crippen LogP contribution in [0, 0.1) is 0 Å². The molecule has 1 heterocycles. The van der Waals surface area contributed by atoms with Crippen LogP contribution in [0.4, 0.5) is 0 Å². The Kier molecular flexibility index (Phi) is 5.37. The first kappa shape index (κ1) is 15.3. The molecule has 5 nitrogen and oxygen atoms in total. The summed E-state index contributed by atoms with van der Waals surface area (Å²) in [5.74, 6) is -0.182. The third-order valence-corrected chi connectivity index (χ3v) is 3.71. The van der Waals surface area contributed by atoms with Crippen molar-refractivity contribution in [3.05, 3.63) is 34.9 Å². The quantitative estimate of drug-likeness (QED) is 0.573. The summed E-state index contributed by atoms with van der Waals surface area (Å²) in [7, 11) is 0. The molecule has 0 aromatic heterocycles. The third-order valence-electron chi connectivity index (χ3n) is 3.38. The maximum atomic E-state index is 11.9. The van der Waals surface area contributed by atoms with Crippen LogP contribution in [0.5, 0.6) is 0 Å². The Morgan fingerprint density at radius 3 is 2.90 bits per heavy atom. The first-order valence-electron chi connectivity index (χ1n) is 6.77. The Bertz CT molecular complexity index is 461. The Balaban J connectivity index is 1.66. The van der Waals surface area contributed by atoms with Crippen LogP contribution >= 0.6 is 11.6 Å². The molecule has 1 saturated heterocycles. The summed E-state index contributed by atoms with van der Waals surface area (Å²) < 4.78 is 0. The predicted molar refractivity (Wildman–Crippen MR) is 79.1 cm³/mol. The molecule has 0 radical (unpaired) electrons. The summed E-state index contributed by atoms with van der Waals surface area (Å²) in [4.78, 5) is 11.9. The summed E-state index contributed by atoms with van der Waals surface area (Å²) in [5, 5.41) is 19.6. The van der Waals surface area contributed by atoms with Crippen molar-refractivity contribution in [2.75, 3.05) is 32.7 Å². The maximum absolute atomic E-state index is 11.9. The molecule has 1 aromatic carbocycles. The molecule has 1 atom stereocenters. The second-order valence-electron chi connectivity index (χ2n) is 5.06. The van der Waals surface area contributed by atoms with Crippen molar-refractivity contribution >= 4 is 17.5 Å². The van der Waals surface area contributed by atoms with Crippen molar-refractivity contribution in [1.29, 1.82) is 0 Å². The van der Waals surface area contributed by atoms with Crippen LogP contribution in [0.25, 0.3) is 0 Å². The second kappa shape index (κ2) is 7.04. The van der Waals surface area contributed by atoms with Crippen LogP contribution in [0.15, 0.2) is 24.3 Å². The molecule has 0 aliphatic carbocycles. The minimum atomic E-state index is -0.660. The maximum Gasteiger partial charge on any atom is 0.252 e. The van der Waals surface area contributed by atoms with E-state index >= 15 is 0 Å². The first-order chi connectivity index (χ1) is 9.61. The van der Waals surface area contributed by atoms with E-state index in [0.717, 1.165) is 13.0 Å². The highest BCUT2D eigenvalue weighted by molar-refractivity contribution is 6.33. The van der Waals surface area contributed by atoms with Crippen LogP contribution in [-0.2, 0) is 0 Å². The number of carbonyl (C=O) groups excluding carboxylic acids is 1. The van der Waals surface area contributed by atoms with Gasteiger partial charge in [0, 0.05) is 26.2 Å². The normalized spacial score (nSPS) is 21.9. The topological polar surface area (TPSA) is 73.4 Å². The number of amides is 1. The zero-order valence-corrected chi connectivity index (χ0v) is 12.0. The summed E-state index contributed by atoms with van der Waals surface area (Å²) in [6, 6.07) is 6.95. The van der Waals surface area contributed by atoms with Gasteiger partial charge in [-0.3, -0.25) is 4.79 Å². The van der Waals surface area contributed by atoms with Crippen LogP contribution < -0.4 is 16.0 Å². The van der Waals surface area contributed by atoms with Crippen molar-refractivity contribution in [3.8, 4) is 0 Å². The van der Waals surface area contributed by atoms with Crippen molar-refractivity contribution in [2.45, 2.75) is 12.0 Å². The molecule has 1 fully saturated rings. The summed E-state index contributed by atoms with van der Waals surface area (Å²) in [5.41, 5.74) is -0.181. The molecular formula is C14H20ClN3O2. The lowest BCUT2D eigenvalue weighted by Gasteiger charge is -2.21. The molecule has 4 N–H and O–H groups in total. The van der Waals surface area contributed by atoms with E-state index in [1.165, 1.54) is 0 Å². The third kappa shape index (κ3) is 4.18. The largest absolute Gasteiger partial charge is 0.387 e. The number of halogens is 1. The fraction of sp³-hybridized carbons (Fsp3) is 0.500. The number of nitrogens with one attached hydrogen (secondary N) is 3. The zero-order valence-electron chi connectivity index (χ0n) is 11.3. The van der Waals surface area contributed by atoms with E-state index in [9.17, 15) is 9.90 Å². The molecule has 2 rings (SSSR count). The van der Waals surface area contributed by atoms with E-state index in [4.69, 9.17) is 11.6 Å². The van der Waals surface area contributed by atoms with Crippen LogP contribution in [0.1, 0.15) is 16.8 Å². The van der Waals surface area contributed by atoms with Gasteiger partial charge in [0.2, 0.25) is 0 Å². The Labute approximate surface area is 123 Å². The summed E-state index contributed by atoms with van der Waals surface area (Å²) in [6.45, 7) is 3.10. The molecule has 6 heteroatoms. The number of aliphatic hydroxyl groups is 1. The number of carbonyl (C=O) groups is 1.